The normalized spacial score (nSPS) is 15.6. The van der Waals surface area contributed by atoms with E-state index in [9.17, 15) is 4.79 Å². The van der Waals surface area contributed by atoms with E-state index in [-0.39, 0.29) is 5.91 Å². The van der Waals surface area contributed by atoms with E-state index < -0.39 is 0 Å². The van der Waals surface area contributed by atoms with E-state index in [1.54, 1.807) is 0 Å². The summed E-state index contributed by atoms with van der Waals surface area (Å²) in [7, 11) is 7.89. The zero-order valence-corrected chi connectivity index (χ0v) is 13.5. The Hall–Kier alpha value is -1.26. The zero-order chi connectivity index (χ0) is 15.0. The predicted molar refractivity (Wildman–Crippen MR) is 83.9 cm³/mol. The summed E-state index contributed by atoms with van der Waals surface area (Å²) < 4.78 is 0. The minimum Gasteiger partial charge on any atom is -0.354 e. The smallest absolute Gasteiger partial charge is 0.220 e. The number of rotatable bonds is 5. The lowest BCUT2D eigenvalue weighted by atomic mass is 9.87. The lowest BCUT2D eigenvalue weighted by molar-refractivity contribution is -0.122. The van der Waals surface area contributed by atoms with Gasteiger partial charge in [-0.3, -0.25) is 9.79 Å². The molecule has 0 atom stereocenters. The van der Waals surface area contributed by atoms with E-state index in [4.69, 9.17) is 0 Å². The van der Waals surface area contributed by atoms with Crippen molar-refractivity contribution < 1.29 is 4.79 Å². The molecule has 1 rings (SSSR count). The highest BCUT2D eigenvalue weighted by Crippen LogP contribution is 2.25. The molecule has 1 N–H and O–H groups in total. The average molecular weight is 282 g/mol. The van der Waals surface area contributed by atoms with E-state index in [1.165, 1.54) is 32.1 Å². The van der Waals surface area contributed by atoms with Crippen molar-refractivity contribution >= 4 is 11.9 Å². The predicted octanol–water partition coefficient (Wildman–Crippen LogP) is 1.55. The van der Waals surface area contributed by atoms with Gasteiger partial charge in [0.1, 0.15) is 0 Å². The van der Waals surface area contributed by atoms with E-state index in [2.05, 4.69) is 10.3 Å². The van der Waals surface area contributed by atoms with Gasteiger partial charge in [-0.2, -0.15) is 0 Å². The SMILES string of the molecule is CN(C)C(=NCCNC(=O)CC1CCCCC1)N(C)C. The van der Waals surface area contributed by atoms with Crippen molar-refractivity contribution in [2.75, 3.05) is 41.3 Å². The van der Waals surface area contributed by atoms with E-state index in [1.807, 2.05) is 38.0 Å². The molecule has 0 aromatic rings. The van der Waals surface area contributed by atoms with Gasteiger partial charge in [0.15, 0.2) is 5.96 Å². The second-order valence-electron chi connectivity index (χ2n) is 6.03. The quantitative estimate of drug-likeness (QED) is 0.473. The number of hydrogen-bond donors (Lipinski definition) is 1. The summed E-state index contributed by atoms with van der Waals surface area (Å²) >= 11 is 0. The fraction of sp³-hybridized carbons (Fsp3) is 0.867. The number of nitrogens with one attached hydrogen (secondary N) is 1. The Labute approximate surface area is 123 Å². The molecule has 1 amide bonds. The maximum atomic E-state index is 11.8. The van der Waals surface area contributed by atoms with E-state index >= 15 is 0 Å². The summed E-state index contributed by atoms with van der Waals surface area (Å²) in [5.41, 5.74) is 0. The first kappa shape index (κ1) is 16.8. The number of amides is 1. The van der Waals surface area contributed by atoms with Gasteiger partial charge in [0.25, 0.3) is 0 Å². The molecule has 0 saturated heterocycles. The molecule has 20 heavy (non-hydrogen) atoms. The van der Waals surface area contributed by atoms with Crippen molar-refractivity contribution in [1.29, 1.82) is 0 Å². The van der Waals surface area contributed by atoms with Crippen LogP contribution >= 0.6 is 0 Å². The number of carbonyl (C=O) groups is 1. The van der Waals surface area contributed by atoms with Crippen LogP contribution in [0.1, 0.15) is 38.5 Å². The van der Waals surface area contributed by atoms with Gasteiger partial charge in [-0.1, -0.05) is 19.3 Å². The number of nitrogens with zero attached hydrogens (tertiary/aromatic N) is 3. The number of carbonyl (C=O) groups excluding carboxylic acids is 1. The largest absolute Gasteiger partial charge is 0.354 e. The van der Waals surface area contributed by atoms with Crippen LogP contribution in [0, 0.1) is 5.92 Å². The fourth-order valence-corrected chi connectivity index (χ4v) is 2.76. The maximum Gasteiger partial charge on any atom is 0.220 e. The second-order valence-corrected chi connectivity index (χ2v) is 6.03. The van der Waals surface area contributed by atoms with Gasteiger partial charge in [0, 0.05) is 41.2 Å². The molecule has 5 heteroatoms. The molecule has 0 unspecified atom stereocenters. The van der Waals surface area contributed by atoms with Crippen LogP contribution in [0.25, 0.3) is 0 Å². The molecular formula is C15H30N4O. The molecule has 116 valence electrons. The van der Waals surface area contributed by atoms with Gasteiger partial charge in [0.2, 0.25) is 5.91 Å². The lowest BCUT2D eigenvalue weighted by Crippen LogP contribution is -2.36. The molecule has 0 heterocycles. The molecule has 0 aliphatic heterocycles. The molecular weight excluding hydrogens is 252 g/mol. The van der Waals surface area contributed by atoms with Gasteiger partial charge in [0.05, 0.1) is 6.54 Å². The zero-order valence-electron chi connectivity index (χ0n) is 13.5. The van der Waals surface area contributed by atoms with Crippen LogP contribution in [-0.2, 0) is 4.79 Å². The first-order valence-corrected chi connectivity index (χ1v) is 7.66. The standard InChI is InChI=1S/C15H30N4O/c1-18(2)15(19(3)4)17-11-10-16-14(20)12-13-8-6-5-7-9-13/h13H,5-12H2,1-4H3,(H,16,20). The van der Waals surface area contributed by atoms with Gasteiger partial charge in [-0.25, -0.2) is 0 Å². The van der Waals surface area contributed by atoms with Crippen molar-refractivity contribution in [1.82, 2.24) is 15.1 Å². The summed E-state index contributed by atoms with van der Waals surface area (Å²) in [4.78, 5) is 20.3. The Balaban J connectivity index is 2.22. The third-order valence-electron chi connectivity index (χ3n) is 3.69. The highest BCUT2D eigenvalue weighted by molar-refractivity contribution is 5.79. The molecule has 1 fully saturated rings. The van der Waals surface area contributed by atoms with Crippen LogP contribution in [0.15, 0.2) is 4.99 Å². The van der Waals surface area contributed by atoms with Crippen molar-refractivity contribution in [2.24, 2.45) is 10.9 Å². The first-order chi connectivity index (χ1) is 9.50. The number of guanidine groups is 1. The highest BCUT2D eigenvalue weighted by Gasteiger charge is 2.16. The van der Waals surface area contributed by atoms with Gasteiger partial charge in [-0.05, 0) is 18.8 Å². The average Bonchev–Trinajstić information content (AvgIpc) is 2.38. The second kappa shape index (κ2) is 8.82. The molecule has 0 aromatic heterocycles. The Morgan fingerprint density at radius 2 is 1.70 bits per heavy atom. The molecule has 0 spiro atoms. The van der Waals surface area contributed by atoms with Crippen molar-refractivity contribution in [3.05, 3.63) is 0 Å². The maximum absolute atomic E-state index is 11.8. The van der Waals surface area contributed by atoms with Crippen molar-refractivity contribution in [3.63, 3.8) is 0 Å². The van der Waals surface area contributed by atoms with Crippen LogP contribution < -0.4 is 5.32 Å². The molecule has 5 nitrogen and oxygen atoms in total. The number of hydrogen-bond acceptors (Lipinski definition) is 2. The highest BCUT2D eigenvalue weighted by atomic mass is 16.1. The molecule has 1 aliphatic rings. The third-order valence-corrected chi connectivity index (χ3v) is 3.69. The van der Waals surface area contributed by atoms with Crippen LogP contribution in [0.2, 0.25) is 0 Å². The molecule has 0 radical (unpaired) electrons. The summed E-state index contributed by atoms with van der Waals surface area (Å²) in [6.45, 7) is 1.25. The van der Waals surface area contributed by atoms with Crippen LogP contribution in [-0.4, -0.2) is 62.9 Å². The third kappa shape index (κ3) is 6.26. The minimum absolute atomic E-state index is 0.184. The van der Waals surface area contributed by atoms with Gasteiger partial charge >= 0.3 is 0 Å². The first-order valence-electron chi connectivity index (χ1n) is 7.66. The Morgan fingerprint density at radius 3 is 2.25 bits per heavy atom. The minimum atomic E-state index is 0.184. The van der Waals surface area contributed by atoms with Crippen LogP contribution in [0.4, 0.5) is 0 Å². The topological polar surface area (TPSA) is 47.9 Å². The Morgan fingerprint density at radius 1 is 1.10 bits per heavy atom. The molecule has 1 aliphatic carbocycles. The van der Waals surface area contributed by atoms with Crippen molar-refractivity contribution in [2.45, 2.75) is 38.5 Å². The van der Waals surface area contributed by atoms with E-state index in [0.29, 0.717) is 25.4 Å². The Bertz CT molecular complexity index is 310. The summed E-state index contributed by atoms with van der Waals surface area (Å²) in [5.74, 6) is 1.71. The molecule has 1 saturated carbocycles. The van der Waals surface area contributed by atoms with Crippen LogP contribution in [0.3, 0.4) is 0 Å². The number of aliphatic imine (C=N–C) groups is 1. The van der Waals surface area contributed by atoms with Crippen LogP contribution in [0.5, 0.6) is 0 Å². The monoisotopic (exact) mass is 282 g/mol. The van der Waals surface area contributed by atoms with Gasteiger partial charge in [-0.15, -0.1) is 0 Å². The fourth-order valence-electron chi connectivity index (χ4n) is 2.76. The van der Waals surface area contributed by atoms with Crippen molar-refractivity contribution in [3.8, 4) is 0 Å². The summed E-state index contributed by atoms with van der Waals surface area (Å²) in [6, 6.07) is 0. The van der Waals surface area contributed by atoms with E-state index in [0.717, 1.165) is 5.96 Å². The molecule has 0 bridgehead atoms. The van der Waals surface area contributed by atoms with Gasteiger partial charge < -0.3 is 15.1 Å². The summed E-state index contributed by atoms with van der Waals surface area (Å²) in [5, 5.41) is 2.98. The summed E-state index contributed by atoms with van der Waals surface area (Å²) in [6.07, 6.45) is 7.05. The molecule has 0 aromatic carbocycles. The lowest BCUT2D eigenvalue weighted by Gasteiger charge is -2.23. The Kier molecular flexibility index (Phi) is 7.41.